The molecule has 0 aliphatic rings. The molecule has 1 atom stereocenters. The smallest absolute Gasteiger partial charge is 0.159 e. The summed E-state index contributed by atoms with van der Waals surface area (Å²) in [4.78, 5) is 4.06. The summed E-state index contributed by atoms with van der Waals surface area (Å²) in [7, 11) is 0. The number of hydrogen-bond donors (Lipinski definition) is 1. The molecule has 1 N–H and O–H groups in total. The van der Waals surface area contributed by atoms with E-state index in [1.165, 1.54) is 6.07 Å². The zero-order valence-electron chi connectivity index (χ0n) is 9.90. The van der Waals surface area contributed by atoms with Crippen LogP contribution in [0.3, 0.4) is 0 Å². The highest BCUT2D eigenvalue weighted by molar-refractivity contribution is 5.22. The molecule has 0 aliphatic heterocycles. The van der Waals surface area contributed by atoms with Crippen molar-refractivity contribution >= 4 is 0 Å². The van der Waals surface area contributed by atoms with Gasteiger partial charge in [0.2, 0.25) is 0 Å². The fraction of sp³-hybridized carbons (Fsp3) is 0.214. The summed E-state index contributed by atoms with van der Waals surface area (Å²) in [6, 6.07) is 7.20. The largest absolute Gasteiger partial charge is 0.386 e. The van der Waals surface area contributed by atoms with E-state index in [9.17, 15) is 13.9 Å². The van der Waals surface area contributed by atoms with Crippen LogP contribution in [-0.4, -0.2) is 10.1 Å². The number of benzene rings is 1. The van der Waals surface area contributed by atoms with Crippen LogP contribution >= 0.6 is 0 Å². The molecule has 2 aromatic rings. The molecule has 18 heavy (non-hydrogen) atoms. The Labute approximate surface area is 104 Å². The molecule has 4 heteroatoms. The molecular formula is C14H13F2NO. The third kappa shape index (κ3) is 2.90. The average molecular weight is 249 g/mol. The van der Waals surface area contributed by atoms with Gasteiger partial charge < -0.3 is 5.11 Å². The molecule has 0 fully saturated rings. The van der Waals surface area contributed by atoms with E-state index in [4.69, 9.17) is 0 Å². The van der Waals surface area contributed by atoms with Crippen LogP contribution in [-0.2, 0) is 6.42 Å². The summed E-state index contributed by atoms with van der Waals surface area (Å²) < 4.78 is 25.8. The van der Waals surface area contributed by atoms with Crippen LogP contribution in [0.2, 0.25) is 0 Å². The van der Waals surface area contributed by atoms with Gasteiger partial charge in [0.15, 0.2) is 11.6 Å². The van der Waals surface area contributed by atoms with Crippen molar-refractivity contribution in [3.63, 3.8) is 0 Å². The van der Waals surface area contributed by atoms with Crippen molar-refractivity contribution in [2.45, 2.75) is 19.4 Å². The lowest BCUT2D eigenvalue weighted by Crippen LogP contribution is -2.05. The Balaban J connectivity index is 2.16. The number of pyridine rings is 1. The van der Waals surface area contributed by atoms with E-state index in [0.29, 0.717) is 11.3 Å². The normalized spacial score (nSPS) is 12.4. The van der Waals surface area contributed by atoms with E-state index in [1.807, 2.05) is 13.0 Å². The fourth-order valence-electron chi connectivity index (χ4n) is 1.74. The lowest BCUT2D eigenvalue weighted by molar-refractivity contribution is 0.173. The van der Waals surface area contributed by atoms with E-state index in [2.05, 4.69) is 4.98 Å². The zero-order chi connectivity index (χ0) is 13.1. The molecule has 0 radical (unpaired) electrons. The van der Waals surface area contributed by atoms with Crippen molar-refractivity contribution in [2.24, 2.45) is 0 Å². The van der Waals surface area contributed by atoms with Gasteiger partial charge in [0.1, 0.15) is 0 Å². The number of halogens is 2. The minimum absolute atomic E-state index is 0.202. The summed E-state index contributed by atoms with van der Waals surface area (Å²) in [5, 5.41) is 9.98. The fourth-order valence-corrected chi connectivity index (χ4v) is 1.74. The molecule has 1 aromatic carbocycles. The molecule has 2 rings (SSSR count). The lowest BCUT2D eigenvalue weighted by Gasteiger charge is -2.10. The van der Waals surface area contributed by atoms with Crippen molar-refractivity contribution in [3.8, 4) is 0 Å². The number of rotatable bonds is 3. The first-order valence-corrected chi connectivity index (χ1v) is 5.61. The van der Waals surface area contributed by atoms with Crippen molar-refractivity contribution in [3.05, 3.63) is 65.0 Å². The number of aliphatic hydroxyl groups is 1. The van der Waals surface area contributed by atoms with Crippen LogP contribution in [0, 0.1) is 18.6 Å². The van der Waals surface area contributed by atoms with Gasteiger partial charge in [0.05, 0.1) is 11.8 Å². The maximum Gasteiger partial charge on any atom is 0.159 e. The third-order valence-electron chi connectivity index (χ3n) is 2.69. The Morgan fingerprint density at radius 3 is 2.61 bits per heavy atom. The molecule has 0 bridgehead atoms. The molecule has 0 saturated carbocycles. The molecule has 1 heterocycles. The molecule has 1 unspecified atom stereocenters. The highest BCUT2D eigenvalue weighted by Gasteiger charge is 2.11. The second-order valence-electron chi connectivity index (χ2n) is 4.23. The predicted octanol–water partition coefficient (Wildman–Crippen LogP) is 2.94. The van der Waals surface area contributed by atoms with Crippen LogP contribution < -0.4 is 0 Å². The van der Waals surface area contributed by atoms with Gasteiger partial charge in [0, 0.05) is 12.6 Å². The van der Waals surface area contributed by atoms with Crippen LogP contribution in [0.15, 0.2) is 36.5 Å². The second-order valence-corrected chi connectivity index (χ2v) is 4.23. The van der Waals surface area contributed by atoms with E-state index >= 15 is 0 Å². The molecule has 0 spiro atoms. The number of aliphatic hydroxyl groups excluding tert-OH is 1. The van der Waals surface area contributed by atoms with Gasteiger partial charge >= 0.3 is 0 Å². The van der Waals surface area contributed by atoms with E-state index < -0.39 is 17.7 Å². The summed E-state index contributed by atoms with van der Waals surface area (Å²) in [5.41, 5.74) is 2.05. The molecular weight excluding hydrogens is 236 g/mol. The van der Waals surface area contributed by atoms with Crippen molar-refractivity contribution in [2.75, 3.05) is 0 Å². The average Bonchev–Trinajstić information content (AvgIpc) is 2.34. The molecule has 0 amide bonds. The summed E-state index contributed by atoms with van der Waals surface area (Å²) in [6.07, 6.45) is 0.988. The third-order valence-corrected chi connectivity index (χ3v) is 2.69. The number of hydrogen-bond acceptors (Lipinski definition) is 2. The first-order chi connectivity index (χ1) is 8.56. The molecule has 0 aliphatic carbocycles. The highest BCUT2D eigenvalue weighted by Crippen LogP contribution is 2.18. The van der Waals surface area contributed by atoms with Crippen molar-refractivity contribution in [1.29, 1.82) is 0 Å². The predicted molar refractivity (Wildman–Crippen MR) is 64.0 cm³/mol. The number of nitrogens with zero attached hydrogens (tertiary/aromatic N) is 1. The standard InChI is InChI=1S/C14H13F2NO/c1-9-4-5-17-13(6-9)14(18)8-10-2-3-11(15)12(16)7-10/h2-7,14,18H,8H2,1H3. The van der Waals surface area contributed by atoms with Gasteiger partial charge in [-0.1, -0.05) is 6.07 Å². The van der Waals surface area contributed by atoms with Gasteiger partial charge in [-0.25, -0.2) is 8.78 Å². The summed E-state index contributed by atoms with van der Waals surface area (Å²) >= 11 is 0. The van der Waals surface area contributed by atoms with Crippen LogP contribution in [0.1, 0.15) is 22.9 Å². The Bertz CT molecular complexity index is 557. The van der Waals surface area contributed by atoms with Gasteiger partial charge in [-0.05, 0) is 42.3 Å². The Kier molecular flexibility index (Phi) is 3.67. The number of aromatic nitrogens is 1. The van der Waals surface area contributed by atoms with Gasteiger partial charge in [-0.15, -0.1) is 0 Å². The highest BCUT2D eigenvalue weighted by atomic mass is 19.2. The van der Waals surface area contributed by atoms with Crippen LogP contribution in [0.5, 0.6) is 0 Å². The van der Waals surface area contributed by atoms with Crippen molar-refractivity contribution in [1.82, 2.24) is 4.98 Å². The maximum atomic E-state index is 13.0. The van der Waals surface area contributed by atoms with E-state index in [-0.39, 0.29) is 6.42 Å². The molecule has 2 nitrogen and oxygen atoms in total. The van der Waals surface area contributed by atoms with Crippen LogP contribution in [0.4, 0.5) is 8.78 Å². The lowest BCUT2D eigenvalue weighted by atomic mass is 10.0. The summed E-state index contributed by atoms with van der Waals surface area (Å²) in [5.74, 6) is -1.79. The van der Waals surface area contributed by atoms with E-state index in [0.717, 1.165) is 17.7 Å². The molecule has 0 saturated heterocycles. The zero-order valence-corrected chi connectivity index (χ0v) is 9.90. The summed E-state index contributed by atoms with van der Waals surface area (Å²) in [6.45, 7) is 1.90. The minimum Gasteiger partial charge on any atom is -0.386 e. The van der Waals surface area contributed by atoms with Crippen molar-refractivity contribution < 1.29 is 13.9 Å². The Hall–Kier alpha value is -1.81. The monoisotopic (exact) mass is 249 g/mol. The van der Waals surface area contributed by atoms with Gasteiger partial charge in [-0.2, -0.15) is 0 Å². The molecule has 1 aromatic heterocycles. The van der Waals surface area contributed by atoms with Crippen LogP contribution in [0.25, 0.3) is 0 Å². The topological polar surface area (TPSA) is 33.1 Å². The van der Waals surface area contributed by atoms with Gasteiger partial charge in [0.25, 0.3) is 0 Å². The Morgan fingerprint density at radius 2 is 1.94 bits per heavy atom. The Morgan fingerprint density at radius 1 is 1.17 bits per heavy atom. The van der Waals surface area contributed by atoms with E-state index in [1.54, 1.807) is 12.3 Å². The number of aryl methyl sites for hydroxylation is 1. The quantitative estimate of drug-likeness (QED) is 0.907. The first-order valence-electron chi connectivity index (χ1n) is 5.61. The van der Waals surface area contributed by atoms with Gasteiger partial charge in [-0.3, -0.25) is 4.98 Å². The first kappa shape index (κ1) is 12.6. The maximum absolute atomic E-state index is 13.0. The SMILES string of the molecule is Cc1ccnc(C(O)Cc2ccc(F)c(F)c2)c1. The minimum atomic E-state index is -0.906. The molecule has 94 valence electrons. The second kappa shape index (κ2) is 5.23.